The van der Waals surface area contributed by atoms with Crippen molar-refractivity contribution in [2.24, 2.45) is 5.92 Å². The van der Waals surface area contributed by atoms with E-state index in [2.05, 4.69) is 54.0 Å². The molecular weight excluding hydrogens is 344 g/mol. The van der Waals surface area contributed by atoms with E-state index in [0.717, 1.165) is 5.92 Å². The van der Waals surface area contributed by atoms with Crippen LogP contribution in [0.2, 0.25) is 0 Å². The molecule has 1 rings (SSSR count). The fraction of sp³-hybridized carbons (Fsp3) is 1.00. The maximum absolute atomic E-state index is 2.31. The van der Waals surface area contributed by atoms with Gasteiger partial charge in [-0.15, -0.1) is 0 Å². The maximum Gasteiger partial charge on any atom is 0.00236 e. The van der Waals surface area contributed by atoms with E-state index in [1.165, 1.54) is 97.4 Å². The predicted octanol–water partition coefficient (Wildman–Crippen LogP) is 6.69. The summed E-state index contributed by atoms with van der Waals surface area (Å²) >= 11 is 8.78. The summed E-state index contributed by atoms with van der Waals surface area (Å²) in [5, 5.41) is 0. The van der Waals surface area contributed by atoms with E-state index < -0.39 is 0 Å². The van der Waals surface area contributed by atoms with Gasteiger partial charge in [0.2, 0.25) is 0 Å². The van der Waals surface area contributed by atoms with E-state index in [4.69, 9.17) is 0 Å². The molecule has 0 N–H and O–H groups in total. The standard InChI is InChI=1S/C18H36S4/c1-2-3-4-5-6-7-9-18-16-21-14-12-19-10-8-11-20-13-15-22-17-18/h18H,2-17H2,1H3. The molecule has 0 nitrogen and oxygen atoms in total. The molecule has 1 saturated heterocycles. The molecule has 1 heterocycles. The van der Waals surface area contributed by atoms with Gasteiger partial charge >= 0.3 is 0 Å². The lowest BCUT2D eigenvalue weighted by Gasteiger charge is -2.17. The highest BCUT2D eigenvalue weighted by Gasteiger charge is 2.09. The van der Waals surface area contributed by atoms with Crippen LogP contribution in [0.15, 0.2) is 0 Å². The lowest BCUT2D eigenvalue weighted by molar-refractivity contribution is 0.524. The van der Waals surface area contributed by atoms with Crippen molar-refractivity contribution in [3.05, 3.63) is 0 Å². The molecule has 1 aliphatic heterocycles. The first-order valence-corrected chi connectivity index (χ1v) is 13.9. The van der Waals surface area contributed by atoms with Gasteiger partial charge in [0, 0.05) is 23.0 Å². The quantitative estimate of drug-likeness (QED) is 0.451. The Balaban J connectivity index is 2.13. The molecule has 0 aromatic rings. The predicted molar refractivity (Wildman–Crippen MR) is 115 cm³/mol. The Labute approximate surface area is 156 Å². The lowest BCUT2D eigenvalue weighted by Crippen LogP contribution is -2.09. The van der Waals surface area contributed by atoms with Crippen LogP contribution in [0, 0.1) is 5.92 Å². The van der Waals surface area contributed by atoms with E-state index in [1.807, 2.05) is 0 Å². The zero-order valence-corrected chi connectivity index (χ0v) is 17.8. The number of hydrogen-bond acceptors (Lipinski definition) is 4. The van der Waals surface area contributed by atoms with Gasteiger partial charge in [-0.2, -0.15) is 47.0 Å². The van der Waals surface area contributed by atoms with Crippen molar-refractivity contribution < 1.29 is 0 Å². The second-order valence-corrected chi connectivity index (χ2v) is 10.9. The fourth-order valence-electron chi connectivity index (χ4n) is 2.63. The minimum Gasteiger partial charge on any atom is -0.161 e. The van der Waals surface area contributed by atoms with Crippen molar-refractivity contribution in [3.8, 4) is 0 Å². The molecule has 0 bridgehead atoms. The summed E-state index contributed by atoms with van der Waals surface area (Å²) in [5.74, 6) is 12.0. The van der Waals surface area contributed by atoms with Crippen molar-refractivity contribution in [2.45, 2.75) is 58.3 Å². The highest BCUT2D eigenvalue weighted by molar-refractivity contribution is 8.03. The van der Waals surface area contributed by atoms with Gasteiger partial charge in [0.15, 0.2) is 0 Å². The molecule has 0 unspecified atom stereocenters. The van der Waals surface area contributed by atoms with E-state index in [1.54, 1.807) is 0 Å². The van der Waals surface area contributed by atoms with Crippen molar-refractivity contribution in [2.75, 3.05) is 46.0 Å². The van der Waals surface area contributed by atoms with Gasteiger partial charge in [0.25, 0.3) is 0 Å². The number of unbranched alkanes of at least 4 members (excludes halogenated alkanes) is 5. The molecule has 132 valence electrons. The van der Waals surface area contributed by atoms with Crippen molar-refractivity contribution in [1.82, 2.24) is 0 Å². The molecule has 22 heavy (non-hydrogen) atoms. The number of hydrogen-bond donors (Lipinski definition) is 0. The Morgan fingerprint density at radius 2 is 1.18 bits per heavy atom. The van der Waals surface area contributed by atoms with Crippen molar-refractivity contribution in [1.29, 1.82) is 0 Å². The van der Waals surface area contributed by atoms with Crippen LogP contribution < -0.4 is 0 Å². The van der Waals surface area contributed by atoms with Crippen molar-refractivity contribution >= 4 is 47.0 Å². The minimum atomic E-state index is 0.971. The molecule has 0 radical (unpaired) electrons. The number of thioether (sulfide) groups is 4. The Bertz CT molecular complexity index is 209. The molecule has 4 heteroatoms. The Hall–Kier alpha value is 1.40. The summed E-state index contributed by atoms with van der Waals surface area (Å²) in [6.45, 7) is 2.31. The summed E-state index contributed by atoms with van der Waals surface area (Å²) in [4.78, 5) is 0. The highest BCUT2D eigenvalue weighted by atomic mass is 32.2. The van der Waals surface area contributed by atoms with Gasteiger partial charge in [0.1, 0.15) is 0 Å². The summed E-state index contributed by atoms with van der Waals surface area (Å²) < 4.78 is 0. The Morgan fingerprint density at radius 1 is 0.636 bits per heavy atom. The third-order valence-electron chi connectivity index (χ3n) is 3.99. The largest absolute Gasteiger partial charge is 0.161 e. The first kappa shape index (κ1) is 21.4. The molecule has 0 amide bonds. The van der Waals surface area contributed by atoms with Crippen molar-refractivity contribution in [3.63, 3.8) is 0 Å². The number of rotatable bonds is 7. The summed E-state index contributed by atoms with van der Waals surface area (Å²) in [7, 11) is 0. The maximum atomic E-state index is 2.31. The molecule has 0 atom stereocenters. The second kappa shape index (κ2) is 17.2. The first-order chi connectivity index (χ1) is 10.9. The topological polar surface area (TPSA) is 0 Å². The van der Waals surface area contributed by atoms with Crippen LogP contribution in [0.4, 0.5) is 0 Å². The van der Waals surface area contributed by atoms with Crippen LogP contribution in [0.3, 0.4) is 0 Å². The van der Waals surface area contributed by atoms with Crippen LogP contribution >= 0.6 is 47.0 Å². The third kappa shape index (κ3) is 13.8. The fourth-order valence-corrected chi connectivity index (χ4v) is 7.52. The summed E-state index contributed by atoms with van der Waals surface area (Å²) in [6.07, 6.45) is 11.6. The molecular formula is C18H36S4. The van der Waals surface area contributed by atoms with Gasteiger partial charge in [0.05, 0.1) is 0 Å². The van der Waals surface area contributed by atoms with E-state index in [-0.39, 0.29) is 0 Å². The molecule has 0 aromatic carbocycles. The molecule has 0 aliphatic carbocycles. The van der Waals surface area contributed by atoms with Crippen LogP contribution in [-0.4, -0.2) is 46.0 Å². The summed E-state index contributed by atoms with van der Waals surface area (Å²) in [6, 6.07) is 0. The lowest BCUT2D eigenvalue weighted by atomic mass is 10.0. The van der Waals surface area contributed by atoms with Crippen LogP contribution in [0.5, 0.6) is 0 Å². The van der Waals surface area contributed by atoms with Gasteiger partial charge in [-0.25, -0.2) is 0 Å². The normalized spacial score (nSPS) is 20.6. The molecule has 1 fully saturated rings. The van der Waals surface area contributed by atoms with E-state index in [9.17, 15) is 0 Å². The summed E-state index contributed by atoms with van der Waals surface area (Å²) in [5.41, 5.74) is 0. The third-order valence-corrected chi connectivity index (χ3v) is 9.05. The molecule has 0 aromatic heterocycles. The highest BCUT2D eigenvalue weighted by Crippen LogP contribution is 2.23. The minimum absolute atomic E-state index is 0.971. The molecule has 1 aliphatic rings. The SMILES string of the molecule is CCCCCCCCC1CSCCSCCCSCCSC1. The average Bonchev–Trinajstić information content (AvgIpc) is 2.54. The Kier molecular flexibility index (Phi) is 16.8. The zero-order valence-electron chi connectivity index (χ0n) is 14.5. The van der Waals surface area contributed by atoms with Gasteiger partial charge < -0.3 is 0 Å². The smallest absolute Gasteiger partial charge is 0.00236 e. The second-order valence-electron chi connectivity index (χ2n) is 6.15. The Morgan fingerprint density at radius 3 is 1.82 bits per heavy atom. The van der Waals surface area contributed by atoms with Crippen LogP contribution in [-0.2, 0) is 0 Å². The molecule has 0 saturated carbocycles. The zero-order chi connectivity index (χ0) is 15.7. The van der Waals surface area contributed by atoms with Gasteiger partial charge in [-0.05, 0) is 41.8 Å². The van der Waals surface area contributed by atoms with E-state index in [0.29, 0.717) is 0 Å². The molecule has 0 spiro atoms. The van der Waals surface area contributed by atoms with Gasteiger partial charge in [-0.1, -0.05) is 45.4 Å². The van der Waals surface area contributed by atoms with Gasteiger partial charge in [-0.3, -0.25) is 0 Å². The first-order valence-electron chi connectivity index (χ1n) is 9.24. The average molecular weight is 381 g/mol. The van der Waals surface area contributed by atoms with Crippen LogP contribution in [0.1, 0.15) is 58.3 Å². The monoisotopic (exact) mass is 380 g/mol. The van der Waals surface area contributed by atoms with E-state index >= 15 is 0 Å². The van der Waals surface area contributed by atoms with Crippen LogP contribution in [0.25, 0.3) is 0 Å².